The lowest BCUT2D eigenvalue weighted by Gasteiger charge is -2.48. The van der Waals surface area contributed by atoms with Crippen LogP contribution in [0.1, 0.15) is 30.1 Å². The Bertz CT molecular complexity index is 737. The minimum absolute atomic E-state index is 0.0215. The van der Waals surface area contributed by atoms with Crippen LogP contribution in [0.15, 0.2) is 18.2 Å². The molecule has 4 rings (SSSR count). The molecule has 0 radical (unpaired) electrons. The second-order valence-electron chi connectivity index (χ2n) is 7.81. The fraction of sp³-hybridized carbons (Fsp3) is 0.600. The third-order valence-electron chi connectivity index (χ3n) is 6.19. The van der Waals surface area contributed by atoms with Crippen molar-refractivity contribution in [2.24, 2.45) is 0 Å². The number of nitrogens with zero attached hydrogens (tertiary/aromatic N) is 3. The fourth-order valence-electron chi connectivity index (χ4n) is 4.20. The van der Waals surface area contributed by atoms with Gasteiger partial charge in [0, 0.05) is 44.3 Å². The maximum absolute atomic E-state index is 13.0. The van der Waals surface area contributed by atoms with Gasteiger partial charge in [-0.1, -0.05) is 0 Å². The number of rotatable bonds is 2. The quantitative estimate of drug-likeness (QED) is 0.784. The minimum atomic E-state index is -0.105. The molecule has 0 N–H and O–H groups in total. The molecule has 27 heavy (non-hydrogen) atoms. The Hall–Kier alpha value is -2.12. The van der Waals surface area contributed by atoms with E-state index in [1.165, 1.54) is 0 Å². The summed E-state index contributed by atoms with van der Waals surface area (Å²) in [4.78, 5) is 30.9. The highest BCUT2D eigenvalue weighted by Crippen LogP contribution is 2.34. The number of piperidine rings is 1. The number of carbonyl (C=O) groups excluding carboxylic acids is 2. The molecule has 146 valence electrons. The van der Waals surface area contributed by atoms with Gasteiger partial charge in [0.15, 0.2) is 6.61 Å². The third-order valence-corrected chi connectivity index (χ3v) is 6.19. The van der Waals surface area contributed by atoms with Gasteiger partial charge in [-0.25, -0.2) is 0 Å². The molecule has 0 aromatic heterocycles. The van der Waals surface area contributed by atoms with Gasteiger partial charge >= 0.3 is 0 Å². The number of morpholine rings is 1. The number of likely N-dealkylation sites (N-methyl/N-ethyl adjacent to an activating group) is 1. The summed E-state index contributed by atoms with van der Waals surface area (Å²) in [6.07, 6.45) is 1.93. The predicted octanol–water partition coefficient (Wildman–Crippen LogP) is 1.37. The van der Waals surface area contributed by atoms with E-state index >= 15 is 0 Å². The summed E-state index contributed by atoms with van der Waals surface area (Å²) in [5.41, 5.74) is 1.40. The topological polar surface area (TPSA) is 62.3 Å². The lowest BCUT2D eigenvalue weighted by Crippen LogP contribution is -2.57. The third kappa shape index (κ3) is 3.41. The lowest BCUT2D eigenvalue weighted by atomic mass is 9.87. The normalized spacial score (nSPS) is 23.0. The highest BCUT2D eigenvalue weighted by molar-refractivity contribution is 6.01. The molecule has 0 unspecified atom stereocenters. The van der Waals surface area contributed by atoms with Crippen LogP contribution in [0.3, 0.4) is 0 Å². The first-order valence-electron chi connectivity index (χ1n) is 9.63. The number of likely N-dealkylation sites (tertiary alicyclic amines) is 1. The number of anilines is 1. The molecule has 0 saturated carbocycles. The van der Waals surface area contributed by atoms with Crippen molar-refractivity contribution in [2.75, 3.05) is 57.9 Å². The summed E-state index contributed by atoms with van der Waals surface area (Å²) in [5.74, 6) is 0.562. The number of carbonyl (C=O) groups is 2. The summed E-state index contributed by atoms with van der Waals surface area (Å²) in [7, 11) is 1.71. The first-order valence-corrected chi connectivity index (χ1v) is 9.63. The molecule has 2 saturated heterocycles. The predicted molar refractivity (Wildman–Crippen MR) is 101 cm³/mol. The van der Waals surface area contributed by atoms with E-state index in [1.54, 1.807) is 30.1 Å². The number of hydrogen-bond acceptors (Lipinski definition) is 5. The Morgan fingerprint density at radius 2 is 1.81 bits per heavy atom. The monoisotopic (exact) mass is 373 g/mol. The van der Waals surface area contributed by atoms with Gasteiger partial charge in [-0.15, -0.1) is 0 Å². The molecule has 7 heteroatoms. The lowest BCUT2D eigenvalue weighted by molar-refractivity contribution is -0.120. The summed E-state index contributed by atoms with van der Waals surface area (Å²) in [6, 6.07) is 5.35. The zero-order valence-electron chi connectivity index (χ0n) is 16.1. The average molecular weight is 373 g/mol. The van der Waals surface area contributed by atoms with Gasteiger partial charge in [-0.2, -0.15) is 0 Å². The molecule has 7 nitrogen and oxygen atoms in total. The van der Waals surface area contributed by atoms with Gasteiger partial charge in [0.2, 0.25) is 0 Å². The van der Waals surface area contributed by atoms with Crippen molar-refractivity contribution in [1.82, 2.24) is 9.80 Å². The van der Waals surface area contributed by atoms with Gasteiger partial charge < -0.3 is 19.3 Å². The summed E-state index contributed by atoms with van der Waals surface area (Å²) < 4.78 is 10.9. The zero-order valence-corrected chi connectivity index (χ0v) is 16.1. The number of amides is 2. The van der Waals surface area contributed by atoms with Crippen LogP contribution in [0.2, 0.25) is 0 Å². The van der Waals surface area contributed by atoms with E-state index in [9.17, 15) is 9.59 Å². The largest absolute Gasteiger partial charge is 0.482 e. The van der Waals surface area contributed by atoms with E-state index in [4.69, 9.17) is 9.47 Å². The van der Waals surface area contributed by atoms with Crippen molar-refractivity contribution >= 4 is 17.5 Å². The van der Waals surface area contributed by atoms with E-state index < -0.39 is 0 Å². The fourth-order valence-corrected chi connectivity index (χ4v) is 4.20. The van der Waals surface area contributed by atoms with Crippen molar-refractivity contribution in [3.8, 4) is 5.75 Å². The molecule has 1 aromatic carbocycles. The molecular formula is C20H27N3O4. The maximum atomic E-state index is 13.0. The summed E-state index contributed by atoms with van der Waals surface area (Å²) >= 11 is 0. The minimum Gasteiger partial charge on any atom is -0.482 e. The summed E-state index contributed by atoms with van der Waals surface area (Å²) in [6.45, 7) is 7.36. The Morgan fingerprint density at radius 1 is 1.11 bits per heavy atom. The van der Waals surface area contributed by atoms with Crippen LogP contribution in [0.4, 0.5) is 5.69 Å². The number of ether oxygens (including phenoxy) is 2. The van der Waals surface area contributed by atoms with Crippen LogP contribution in [0, 0.1) is 0 Å². The van der Waals surface area contributed by atoms with Crippen LogP contribution in [-0.4, -0.2) is 80.2 Å². The molecule has 1 aromatic rings. The average Bonchev–Trinajstić information content (AvgIpc) is 2.71. The zero-order chi connectivity index (χ0) is 19.0. The van der Waals surface area contributed by atoms with Crippen LogP contribution in [0.25, 0.3) is 0 Å². The Labute approximate surface area is 159 Å². The molecule has 3 heterocycles. The second-order valence-corrected chi connectivity index (χ2v) is 7.81. The number of hydrogen-bond donors (Lipinski definition) is 0. The second kappa shape index (κ2) is 7.13. The van der Waals surface area contributed by atoms with Gasteiger partial charge in [-0.05, 0) is 38.0 Å². The molecule has 0 aliphatic carbocycles. The Kier molecular flexibility index (Phi) is 4.82. The first-order chi connectivity index (χ1) is 13.0. The van der Waals surface area contributed by atoms with Gasteiger partial charge in [-0.3, -0.25) is 14.5 Å². The SMILES string of the molecule is CN1C(=O)COc2ccc(C(=O)N3CCC(C)(N4CCOCC4)CC3)cc21. The van der Waals surface area contributed by atoms with Crippen LogP contribution >= 0.6 is 0 Å². The Morgan fingerprint density at radius 3 is 2.52 bits per heavy atom. The van der Waals surface area contributed by atoms with E-state index in [-0.39, 0.29) is 24.0 Å². The van der Waals surface area contributed by atoms with Crippen molar-refractivity contribution in [2.45, 2.75) is 25.3 Å². The van der Waals surface area contributed by atoms with Gasteiger partial charge in [0.05, 0.1) is 18.9 Å². The molecule has 2 fully saturated rings. The smallest absolute Gasteiger partial charge is 0.264 e. The highest BCUT2D eigenvalue weighted by Gasteiger charge is 2.37. The van der Waals surface area contributed by atoms with E-state index in [0.29, 0.717) is 17.0 Å². The maximum Gasteiger partial charge on any atom is 0.264 e. The molecule has 3 aliphatic heterocycles. The van der Waals surface area contributed by atoms with Crippen molar-refractivity contribution < 1.29 is 19.1 Å². The first kappa shape index (κ1) is 18.3. The van der Waals surface area contributed by atoms with Crippen molar-refractivity contribution in [1.29, 1.82) is 0 Å². The number of fused-ring (bicyclic) bond motifs is 1. The van der Waals surface area contributed by atoms with E-state index in [1.807, 2.05) is 4.90 Å². The highest BCUT2D eigenvalue weighted by atomic mass is 16.5. The van der Waals surface area contributed by atoms with Crippen LogP contribution < -0.4 is 9.64 Å². The standard InChI is InChI=1S/C20H27N3O4/c1-20(23-9-11-26-12-10-23)5-7-22(8-6-20)19(25)15-3-4-17-16(13-15)21(2)18(24)14-27-17/h3-4,13H,5-12,14H2,1-2H3. The van der Waals surface area contributed by atoms with Crippen molar-refractivity contribution in [3.05, 3.63) is 23.8 Å². The number of benzene rings is 1. The van der Waals surface area contributed by atoms with Gasteiger partial charge in [0.1, 0.15) is 5.75 Å². The van der Waals surface area contributed by atoms with E-state index in [2.05, 4.69) is 11.8 Å². The molecule has 0 spiro atoms. The van der Waals surface area contributed by atoms with Crippen LogP contribution in [-0.2, 0) is 9.53 Å². The Balaban J connectivity index is 1.44. The summed E-state index contributed by atoms with van der Waals surface area (Å²) in [5, 5.41) is 0. The van der Waals surface area contributed by atoms with E-state index in [0.717, 1.165) is 52.2 Å². The molecule has 3 aliphatic rings. The molecule has 0 bridgehead atoms. The van der Waals surface area contributed by atoms with Crippen LogP contribution in [0.5, 0.6) is 5.75 Å². The molecule has 2 amide bonds. The van der Waals surface area contributed by atoms with Crippen molar-refractivity contribution in [3.63, 3.8) is 0 Å². The van der Waals surface area contributed by atoms with Gasteiger partial charge in [0.25, 0.3) is 11.8 Å². The molecule has 0 atom stereocenters. The molecular weight excluding hydrogens is 346 g/mol.